The molecule has 0 radical (unpaired) electrons. The van der Waals surface area contributed by atoms with Gasteiger partial charge < -0.3 is 20.7 Å². The number of benzene rings is 2. The molecule has 30 heavy (non-hydrogen) atoms. The van der Waals surface area contributed by atoms with Gasteiger partial charge in [0.25, 0.3) is 0 Å². The first kappa shape index (κ1) is 18.9. The summed E-state index contributed by atoms with van der Waals surface area (Å²) in [4.78, 5) is 5.03. The summed E-state index contributed by atoms with van der Waals surface area (Å²) >= 11 is 0. The standard InChI is InChI=1S/C25H28N4O/c1-2-6-20(7-3-1)30-21-12-10-19(11-13-21)18-27-24-25(14-16-26-17-15-25)29-23-9-5-4-8-22(23)28-24/h2,4-13,26,29H,1,3,14-18H2,(H,27,28). The molecule has 0 amide bonds. The van der Waals surface area contributed by atoms with Crippen LogP contribution in [0.1, 0.15) is 31.2 Å². The first-order chi connectivity index (χ1) is 14.8. The van der Waals surface area contributed by atoms with Crippen LogP contribution in [-0.2, 0) is 6.54 Å². The fraction of sp³-hybridized carbons (Fsp3) is 0.320. The molecule has 0 atom stereocenters. The van der Waals surface area contributed by atoms with Gasteiger partial charge in [0, 0.05) is 0 Å². The number of nitrogens with one attached hydrogen (secondary N) is 3. The maximum absolute atomic E-state index is 5.94. The van der Waals surface area contributed by atoms with Crippen LogP contribution in [0.3, 0.4) is 0 Å². The van der Waals surface area contributed by atoms with Crippen LogP contribution < -0.4 is 20.7 Å². The zero-order valence-corrected chi connectivity index (χ0v) is 17.2. The maximum Gasteiger partial charge on any atom is 0.127 e. The van der Waals surface area contributed by atoms with Crippen LogP contribution in [-0.4, -0.2) is 24.5 Å². The molecule has 1 aliphatic carbocycles. The molecule has 2 heterocycles. The molecule has 1 saturated heterocycles. The smallest absolute Gasteiger partial charge is 0.127 e. The Bertz CT molecular complexity index is 984. The summed E-state index contributed by atoms with van der Waals surface area (Å²) in [5.74, 6) is 2.84. The normalized spacial score (nSPS) is 20.8. The number of rotatable bonds is 4. The number of hydrogen-bond donors (Lipinski definition) is 3. The number of fused-ring (bicyclic) bond motifs is 1. The van der Waals surface area contributed by atoms with Crippen LogP contribution in [0.4, 0.5) is 11.4 Å². The van der Waals surface area contributed by atoms with E-state index in [-0.39, 0.29) is 5.54 Å². The zero-order chi connectivity index (χ0) is 20.2. The van der Waals surface area contributed by atoms with Gasteiger partial charge in [0.2, 0.25) is 0 Å². The van der Waals surface area contributed by atoms with Gasteiger partial charge in [0.05, 0.1) is 23.5 Å². The third-order valence-corrected chi connectivity index (χ3v) is 6.00. The summed E-state index contributed by atoms with van der Waals surface area (Å²) in [6.07, 6.45) is 10.5. The lowest BCUT2D eigenvalue weighted by Gasteiger charge is -2.44. The highest BCUT2D eigenvalue weighted by molar-refractivity contribution is 6.09. The van der Waals surface area contributed by atoms with Gasteiger partial charge in [-0.1, -0.05) is 30.3 Å². The van der Waals surface area contributed by atoms with E-state index in [1.807, 2.05) is 18.2 Å². The number of hydrogen-bond acceptors (Lipinski definition) is 4. The first-order valence-corrected chi connectivity index (χ1v) is 10.8. The molecule has 1 fully saturated rings. The molecule has 3 N–H and O–H groups in total. The molecule has 5 heteroatoms. The van der Waals surface area contributed by atoms with E-state index in [0.717, 1.165) is 67.5 Å². The molecule has 154 valence electrons. The van der Waals surface area contributed by atoms with Crippen molar-refractivity contribution in [3.63, 3.8) is 0 Å². The van der Waals surface area contributed by atoms with Gasteiger partial charge in [-0.25, -0.2) is 0 Å². The van der Waals surface area contributed by atoms with Gasteiger partial charge in [-0.05, 0) is 80.8 Å². The van der Waals surface area contributed by atoms with Crippen molar-refractivity contribution in [1.29, 1.82) is 0 Å². The predicted molar refractivity (Wildman–Crippen MR) is 123 cm³/mol. The Morgan fingerprint density at radius 2 is 1.73 bits per heavy atom. The Hall–Kier alpha value is -3.05. The quantitative estimate of drug-likeness (QED) is 0.686. The van der Waals surface area contributed by atoms with Crippen molar-refractivity contribution in [2.24, 2.45) is 4.99 Å². The molecule has 0 saturated carbocycles. The molecule has 5 rings (SSSR count). The van der Waals surface area contributed by atoms with Crippen molar-refractivity contribution in [3.05, 3.63) is 78.1 Å². The minimum atomic E-state index is -0.123. The Morgan fingerprint density at radius 1 is 0.933 bits per heavy atom. The number of aliphatic imine (C=N–C) groups is 1. The molecule has 2 aromatic rings. The molecule has 1 spiro atoms. The predicted octanol–water partition coefficient (Wildman–Crippen LogP) is 4.86. The van der Waals surface area contributed by atoms with Crippen LogP contribution in [0, 0.1) is 0 Å². The second-order valence-corrected chi connectivity index (χ2v) is 8.12. The number of amidine groups is 1. The van der Waals surface area contributed by atoms with Crippen molar-refractivity contribution < 1.29 is 4.74 Å². The van der Waals surface area contributed by atoms with Crippen molar-refractivity contribution in [3.8, 4) is 5.75 Å². The fourth-order valence-electron chi connectivity index (χ4n) is 4.31. The monoisotopic (exact) mass is 400 g/mol. The lowest BCUT2D eigenvalue weighted by atomic mass is 9.84. The van der Waals surface area contributed by atoms with Gasteiger partial charge in [-0.15, -0.1) is 0 Å². The van der Waals surface area contributed by atoms with Crippen LogP contribution in [0.15, 0.2) is 77.5 Å². The van der Waals surface area contributed by atoms with Crippen molar-refractivity contribution >= 4 is 17.2 Å². The molecule has 5 nitrogen and oxygen atoms in total. The molecular formula is C25H28N4O. The van der Waals surface area contributed by atoms with E-state index in [2.05, 4.69) is 64.5 Å². The summed E-state index contributed by atoms with van der Waals surface area (Å²) in [5.41, 5.74) is 3.30. The summed E-state index contributed by atoms with van der Waals surface area (Å²) in [7, 11) is 0. The largest absolute Gasteiger partial charge is 0.458 e. The van der Waals surface area contributed by atoms with E-state index in [1.54, 1.807) is 0 Å². The number of ether oxygens (including phenoxy) is 1. The topological polar surface area (TPSA) is 57.7 Å². The average Bonchev–Trinajstić information content (AvgIpc) is 2.80. The maximum atomic E-state index is 5.94. The molecule has 0 aromatic heterocycles. The van der Waals surface area contributed by atoms with Crippen LogP contribution in [0.5, 0.6) is 5.75 Å². The highest BCUT2D eigenvalue weighted by atomic mass is 16.5. The Morgan fingerprint density at radius 3 is 2.50 bits per heavy atom. The summed E-state index contributed by atoms with van der Waals surface area (Å²) in [5, 5.41) is 10.9. The van der Waals surface area contributed by atoms with Crippen LogP contribution >= 0.6 is 0 Å². The van der Waals surface area contributed by atoms with Gasteiger partial charge in [0.1, 0.15) is 17.3 Å². The average molecular weight is 401 g/mol. The summed E-state index contributed by atoms with van der Waals surface area (Å²) in [6, 6.07) is 16.6. The third-order valence-electron chi connectivity index (χ3n) is 6.00. The lowest BCUT2D eigenvalue weighted by Crippen LogP contribution is -2.57. The van der Waals surface area contributed by atoms with E-state index in [9.17, 15) is 0 Å². The van der Waals surface area contributed by atoms with Crippen LogP contribution in [0.2, 0.25) is 0 Å². The summed E-state index contributed by atoms with van der Waals surface area (Å²) < 4.78 is 5.94. The molecule has 3 aliphatic rings. The van der Waals surface area contributed by atoms with Gasteiger partial charge in [0.15, 0.2) is 0 Å². The third kappa shape index (κ3) is 3.98. The van der Waals surface area contributed by atoms with Crippen molar-refractivity contribution in [2.45, 2.75) is 37.8 Å². The second kappa shape index (κ2) is 8.36. The Balaban J connectivity index is 1.33. The molecule has 0 unspecified atom stereocenters. The molecule has 2 aliphatic heterocycles. The van der Waals surface area contributed by atoms with Gasteiger partial charge in [-0.2, -0.15) is 0 Å². The lowest BCUT2D eigenvalue weighted by molar-refractivity contribution is 0.419. The minimum Gasteiger partial charge on any atom is -0.458 e. The van der Waals surface area contributed by atoms with E-state index in [1.165, 1.54) is 5.56 Å². The number of para-hydroxylation sites is 2. The highest BCUT2D eigenvalue weighted by Crippen LogP contribution is 2.35. The van der Waals surface area contributed by atoms with Crippen molar-refractivity contribution in [2.75, 3.05) is 23.7 Å². The second-order valence-electron chi connectivity index (χ2n) is 8.12. The van der Waals surface area contributed by atoms with Gasteiger partial charge >= 0.3 is 0 Å². The summed E-state index contributed by atoms with van der Waals surface area (Å²) in [6.45, 7) is 2.63. The highest BCUT2D eigenvalue weighted by Gasteiger charge is 2.40. The van der Waals surface area contributed by atoms with E-state index in [4.69, 9.17) is 9.73 Å². The van der Waals surface area contributed by atoms with E-state index >= 15 is 0 Å². The van der Waals surface area contributed by atoms with Crippen molar-refractivity contribution in [1.82, 2.24) is 5.32 Å². The molecular weight excluding hydrogens is 372 g/mol. The molecule has 2 aromatic carbocycles. The van der Waals surface area contributed by atoms with E-state index < -0.39 is 0 Å². The van der Waals surface area contributed by atoms with Gasteiger partial charge in [-0.3, -0.25) is 4.99 Å². The number of allylic oxidation sites excluding steroid dienone is 3. The van der Waals surface area contributed by atoms with Crippen LogP contribution in [0.25, 0.3) is 0 Å². The minimum absolute atomic E-state index is 0.123. The zero-order valence-electron chi connectivity index (χ0n) is 17.2. The number of nitrogens with zero attached hydrogens (tertiary/aromatic N) is 1. The van der Waals surface area contributed by atoms with E-state index in [0.29, 0.717) is 6.54 Å². The Kier molecular flexibility index (Phi) is 5.28. The Labute approximate surface area is 177 Å². The molecule has 0 bridgehead atoms. The SMILES string of the molecule is C1=CC(Oc2ccc(CN=C3Nc4ccccc4NC34CCNCC4)cc2)=CCC1. The fourth-order valence-corrected chi connectivity index (χ4v) is 4.31. The number of piperidine rings is 1. The number of anilines is 2. The first-order valence-electron chi connectivity index (χ1n) is 10.8.